The highest BCUT2D eigenvalue weighted by atomic mass is 19.1. The molecule has 1 N–H and O–H groups in total. The Hall–Kier alpha value is -4.00. The van der Waals surface area contributed by atoms with Gasteiger partial charge < -0.3 is 10.1 Å². The highest BCUT2D eigenvalue weighted by Crippen LogP contribution is 2.24. The van der Waals surface area contributed by atoms with E-state index in [2.05, 4.69) is 24.3 Å². The molecule has 0 saturated carbocycles. The van der Waals surface area contributed by atoms with Crippen LogP contribution in [0.1, 0.15) is 41.4 Å². The van der Waals surface area contributed by atoms with Gasteiger partial charge in [-0.25, -0.2) is 13.5 Å². The SMILES string of the molecule is CC(C)c1ccc(NC(=O)c2nn(-c3ccc(F)cc3)cc2OCc2ccc(F)cc2)cc1. The van der Waals surface area contributed by atoms with Crippen LogP contribution in [0.3, 0.4) is 0 Å². The lowest BCUT2D eigenvalue weighted by Gasteiger charge is -2.09. The van der Waals surface area contributed by atoms with Crippen molar-refractivity contribution in [1.82, 2.24) is 9.78 Å². The number of hydrogen-bond acceptors (Lipinski definition) is 3. The van der Waals surface area contributed by atoms with Gasteiger partial charge in [-0.15, -0.1) is 0 Å². The maximum atomic E-state index is 13.3. The fourth-order valence-corrected chi connectivity index (χ4v) is 3.23. The zero-order chi connectivity index (χ0) is 23.4. The summed E-state index contributed by atoms with van der Waals surface area (Å²) in [6, 6.07) is 19.2. The summed E-state index contributed by atoms with van der Waals surface area (Å²) in [6.45, 7) is 4.32. The van der Waals surface area contributed by atoms with E-state index in [1.165, 1.54) is 28.9 Å². The lowest BCUT2D eigenvalue weighted by atomic mass is 10.0. The van der Waals surface area contributed by atoms with E-state index < -0.39 is 5.91 Å². The minimum Gasteiger partial charge on any atom is -0.485 e. The van der Waals surface area contributed by atoms with Crippen LogP contribution in [0.2, 0.25) is 0 Å². The van der Waals surface area contributed by atoms with Gasteiger partial charge in [0, 0.05) is 5.69 Å². The first kappa shape index (κ1) is 22.2. The van der Waals surface area contributed by atoms with Gasteiger partial charge in [0.15, 0.2) is 11.4 Å². The molecule has 1 heterocycles. The third kappa shape index (κ3) is 5.44. The maximum Gasteiger partial charge on any atom is 0.280 e. The summed E-state index contributed by atoms with van der Waals surface area (Å²) in [5, 5.41) is 7.22. The minimum atomic E-state index is -0.442. The monoisotopic (exact) mass is 447 g/mol. The van der Waals surface area contributed by atoms with Gasteiger partial charge in [0.05, 0.1) is 11.9 Å². The molecule has 0 spiro atoms. The molecule has 168 valence electrons. The fraction of sp³-hybridized carbons (Fsp3) is 0.154. The Morgan fingerprint density at radius 2 is 1.55 bits per heavy atom. The molecule has 3 aromatic carbocycles. The van der Waals surface area contributed by atoms with Crippen LogP contribution >= 0.6 is 0 Å². The van der Waals surface area contributed by atoms with Crippen molar-refractivity contribution in [2.75, 3.05) is 5.32 Å². The van der Waals surface area contributed by atoms with Crippen LogP contribution in [0.25, 0.3) is 5.69 Å². The van der Waals surface area contributed by atoms with Gasteiger partial charge in [-0.3, -0.25) is 4.79 Å². The summed E-state index contributed by atoms with van der Waals surface area (Å²) >= 11 is 0. The Morgan fingerprint density at radius 3 is 2.15 bits per heavy atom. The minimum absolute atomic E-state index is 0.0781. The summed E-state index contributed by atoms with van der Waals surface area (Å²) < 4.78 is 33.8. The van der Waals surface area contributed by atoms with Crippen molar-refractivity contribution < 1.29 is 18.3 Å². The van der Waals surface area contributed by atoms with Crippen molar-refractivity contribution in [2.24, 2.45) is 0 Å². The number of nitrogens with one attached hydrogen (secondary N) is 1. The molecule has 0 saturated heterocycles. The zero-order valence-corrected chi connectivity index (χ0v) is 18.3. The quantitative estimate of drug-likeness (QED) is 0.372. The maximum absolute atomic E-state index is 13.3. The number of aromatic nitrogens is 2. The van der Waals surface area contributed by atoms with Gasteiger partial charge in [0.25, 0.3) is 5.91 Å². The Morgan fingerprint density at radius 1 is 0.939 bits per heavy atom. The Balaban J connectivity index is 1.59. The Labute approximate surface area is 190 Å². The zero-order valence-electron chi connectivity index (χ0n) is 18.3. The number of carbonyl (C=O) groups is 1. The smallest absolute Gasteiger partial charge is 0.280 e. The summed E-state index contributed by atoms with van der Waals surface area (Å²) in [5.74, 6) is -0.525. The number of anilines is 1. The molecular formula is C26H23F2N3O2. The molecule has 0 radical (unpaired) electrons. The van der Waals surface area contributed by atoms with Gasteiger partial charge >= 0.3 is 0 Å². The summed E-state index contributed by atoms with van der Waals surface area (Å²) in [6.07, 6.45) is 1.56. The number of nitrogens with zero attached hydrogens (tertiary/aromatic N) is 2. The first-order chi connectivity index (χ1) is 15.9. The number of ether oxygens (including phenoxy) is 1. The molecule has 0 aliphatic heterocycles. The molecule has 1 amide bonds. The van der Waals surface area contributed by atoms with Crippen LogP contribution in [0.5, 0.6) is 5.75 Å². The molecule has 1 aromatic heterocycles. The van der Waals surface area contributed by atoms with Crippen LogP contribution < -0.4 is 10.1 Å². The lowest BCUT2D eigenvalue weighted by Crippen LogP contribution is -2.14. The predicted octanol–water partition coefficient (Wildman–Crippen LogP) is 6.11. The standard InChI is InChI=1S/C26H23F2N3O2/c1-17(2)19-5-11-22(12-6-19)29-26(32)25-24(33-16-18-3-7-20(27)8-4-18)15-31(30-25)23-13-9-21(28)10-14-23/h3-15,17H,16H2,1-2H3,(H,29,32). The van der Waals surface area contributed by atoms with Crippen LogP contribution in [0.15, 0.2) is 79.0 Å². The van der Waals surface area contributed by atoms with Gasteiger partial charge in [0.1, 0.15) is 18.2 Å². The molecule has 0 bridgehead atoms. The predicted molar refractivity (Wildman–Crippen MR) is 123 cm³/mol. The summed E-state index contributed by atoms with van der Waals surface area (Å²) in [4.78, 5) is 13.0. The van der Waals surface area contributed by atoms with E-state index in [1.807, 2.05) is 24.3 Å². The largest absolute Gasteiger partial charge is 0.485 e. The van der Waals surface area contributed by atoms with Crippen molar-refractivity contribution in [2.45, 2.75) is 26.4 Å². The van der Waals surface area contributed by atoms with Crippen molar-refractivity contribution in [1.29, 1.82) is 0 Å². The fourth-order valence-electron chi connectivity index (χ4n) is 3.23. The van der Waals surface area contributed by atoms with E-state index >= 15 is 0 Å². The molecule has 4 rings (SSSR count). The van der Waals surface area contributed by atoms with Crippen molar-refractivity contribution in [3.8, 4) is 11.4 Å². The summed E-state index contributed by atoms with van der Waals surface area (Å²) in [7, 11) is 0. The second-order valence-corrected chi connectivity index (χ2v) is 7.91. The highest BCUT2D eigenvalue weighted by Gasteiger charge is 2.20. The number of carbonyl (C=O) groups excluding carboxylic acids is 1. The number of hydrogen-bond donors (Lipinski definition) is 1. The number of amides is 1. The first-order valence-corrected chi connectivity index (χ1v) is 10.5. The Kier molecular flexibility index (Phi) is 6.49. The average Bonchev–Trinajstić information content (AvgIpc) is 3.24. The second-order valence-electron chi connectivity index (χ2n) is 7.91. The first-order valence-electron chi connectivity index (χ1n) is 10.5. The van der Waals surface area contributed by atoms with Gasteiger partial charge in [-0.2, -0.15) is 5.10 Å². The molecule has 0 unspecified atom stereocenters. The van der Waals surface area contributed by atoms with Crippen molar-refractivity contribution >= 4 is 11.6 Å². The van der Waals surface area contributed by atoms with E-state index in [-0.39, 0.29) is 29.7 Å². The van der Waals surface area contributed by atoms with Gasteiger partial charge in [0.2, 0.25) is 0 Å². The molecule has 5 nitrogen and oxygen atoms in total. The molecule has 7 heteroatoms. The van der Waals surface area contributed by atoms with E-state index in [0.717, 1.165) is 11.1 Å². The molecule has 4 aromatic rings. The molecule has 0 atom stereocenters. The molecular weight excluding hydrogens is 424 g/mol. The molecule has 33 heavy (non-hydrogen) atoms. The summed E-state index contributed by atoms with van der Waals surface area (Å²) in [5.41, 5.74) is 3.18. The van der Waals surface area contributed by atoms with Crippen molar-refractivity contribution in [3.05, 3.63) is 107 Å². The van der Waals surface area contributed by atoms with Crippen LogP contribution in [-0.2, 0) is 6.61 Å². The van der Waals surface area contributed by atoms with Gasteiger partial charge in [-0.1, -0.05) is 38.1 Å². The lowest BCUT2D eigenvalue weighted by molar-refractivity contribution is 0.101. The topological polar surface area (TPSA) is 56.2 Å². The van der Waals surface area contributed by atoms with Crippen LogP contribution in [-0.4, -0.2) is 15.7 Å². The Bertz CT molecular complexity index is 1230. The molecule has 0 fully saturated rings. The van der Waals surface area contributed by atoms with Crippen molar-refractivity contribution in [3.63, 3.8) is 0 Å². The number of rotatable bonds is 7. The normalized spacial score (nSPS) is 10.9. The van der Waals surface area contributed by atoms with E-state index in [4.69, 9.17) is 4.74 Å². The van der Waals surface area contributed by atoms with E-state index in [9.17, 15) is 13.6 Å². The van der Waals surface area contributed by atoms with Crippen LogP contribution in [0.4, 0.5) is 14.5 Å². The van der Waals surface area contributed by atoms with E-state index in [1.54, 1.807) is 30.5 Å². The number of benzene rings is 3. The van der Waals surface area contributed by atoms with Gasteiger partial charge in [-0.05, 0) is 65.6 Å². The highest BCUT2D eigenvalue weighted by molar-refractivity contribution is 6.04. The average molecular weight is 447 g/mol. The molecule has 0 aliphatic rings. The third-order valence-corrected chi connectivity index (χ3v) is 5.13. The van der Waals surface area contributed by atoms with E-state index in [0.29, 0.717) is 17.3 Å². The number of halogens is 2. The molecule has 0 aliphatic carbocycles. The third-order valence-electron chi connectivity index (χ3n) is 5.13. The van der Waals surface area contributed by atoms with Crippen LogP contribution in [0, 0.1) is 11.6 Å². The second kappa shape index (κ2) is 9.65.